The second-order valence-electron chi connectivity index (χ2n) is 3.71. The highest BCUT2D eigenvalue weighted by Crippen LogP contribution is 2.27. The van der Waals surface area contributed by atoms with Gasteiger partial charge >= 0.3 is 0 Å². The number of hydrogen-bond acceptors (Lipinski definition) is 1. The summed E-state index contributed by atoms with van der Waals surface area (Å²) in [6.45, 7) is 4.00. The second-order valence-corrected chi connectivity index (χ2v) is 3.71. The van der Waals surface area contributed by atoms with Crippen LogP contribution in [0, 0.1) is 5.92 Å². The summed E-state index contributed by atoms with van der Waals surface area (Å²) in [6, 6.07) is 9.65. The Bertz CT molecular complexity index is 283. The fourth-order valence-corrected chi connectivity index (χ4v) is 2.03. The quantitative estimate of drug-likeness (QED) is 0.663. The molecular weight excluding hydrogens is 184 g/mol. The van der Waals surface area contributed by atoms with Gasteiger partial charge in [0.2, 0.25) is 0 Å². The molecule has 1 fully saturated rings. The van der Waals surface area contributed by atoms with E-state index in [0.29, 0.717) is 11.7 Å². The van der Waals surface area contributed by atoms with E-state index in [-0.39, 0.29) is 0 Å². The third-order valence-electron chi connectivity index (χ3n) is 2.78. The van der Waals surface area contributed by atoms with Crippen LogP contribution in [0.1, 0.15) is 49.9 Å². The van der Waals surface area contributed by atoms with E-state index >= 15 is 0 Å². The molecule has 0 bridgehead atoms. The van der Waals surface area contributed by atoms with Crippen molar-refractivity contribution >= 4 is 5.78 Å². The lowest BCUT2D eigenvalue weighted by Crippen LogP contribution is -2.10. The van der Waals surface area contributed by atoms with Crippen LogP contribution < -0.4 is 0 Å². The summed E-state index contributed by atoms with van der Waals surface area (Å²) in [7, 11) is 0. The molecule has 0 aliphatic heterocycles. The lowest BCUT2D eigenvalue weighted by atomic mass is 9.96. The normalized spacial score (nSPS) is 15.6. The number of Topliss-reactive ketones (excluding diaryl/α,β-unsaturated/α-hetero) is 1. The van der Waals surface area contributed by atoms with E-state index in [2.05, 4.69) is 0 Å². The smallest absolute Gasteiger partial charge is 0.165 e. The van der Waals surface area contributed by atoms with E-state index in [9.17, 15) is 4.79 Å². The van der Waals surface area contributed by atoms with Crippen LogP contribution in [0.4, 0.5) is 0 Å². The molecule has 0 radical (unpaired) electrons. The fourth-order valence-electron chi connectivity index (χ4n) is 2.03. The number of carbonyl (C=O) groups excluding carboxylic acids is 1. The van der Waals surface area contributed by atoms with E-state index in [1.165, 1.54) is 12.8 Å². The van der Waals surface area contributed by atoms with Gasteiger partial charge in [0.1, 0.15) is 0 Å². The molecule has 1 aliphatic carbocycles. The van der Waals surface area contributed by atoms with Crippen LogP contribution in [-0.4, -0.2) is 5.78 Å². The Balaban J connectivity index is 0.000000531. The van der Waals surface area contributed by atoms with Gasteiger partial charge in [-0.1, -0.05) is 57.0 Å². The van der Waals surface area contributed by atoms with Crippen molar-refractivity contribution < 1.29 is 4.79 Å². The minimum Gasteiger partial charge on any atom is -0.294 e. The summed E-state index contributed by atoms with van der Waals surface area (Å²) in [5.41, 5.74) is 0.884. The topological polar surface area (TPSA) is 17.1 Å². The Hall–Kier alpha value is -1.11. The Morgan fingerprint density at radius 3 is 2.13 bits per heavy atom. The maximum Gasteiger partial charge on any atom is 0.165 e. The molecule has 0 saturated heterocycles. The van der Waals surface area contributed by atoms with Crippen molar-refractivity contribution in [3.05, 3.63) is 35.9 Å². The predicted octanol–water partition coefficient (Wildman–Crippen LogP) is 4.09. The fraction of sp³-hybridized carbons (Fsp3) is 0.500. The van der Waals surface area contributed by atoms with Gasteiger partial charge in [0, 0.05) is 11.5 Å². The summed E-state index contributed by atoms with van der Waals surface area (Å²) in [4.78, 5) is 11.8. The molecule has 0 amide bonds. The lowest BCUT2D eigenvalue weighted by molar-refractivity contribution is 0.0923. The molecule has 0 spiro atoms. The first-order valence-corrected chi connectivity index (χ1v) is 5.97. The highest BCUT2D eigenvalue weighted by Gasteiger charge is 2.23. The lowest BCUT2D eigenvalue weighted by Gasteiger charge is -2.06. The van der Waals surface area contributed by atoms with E-state index in [1.807, 2.05) is 44.2 Å². The van der Waals surface area contributed by atoms with Crippen molar-refractivity contribution in [1.29, 1.82) is 0 Å². The molecule has 1 aliphatic rings. The molecular formula is C14H20O. The number of ketones is 1. The molecule has 0 unspecified atom stereocenters. The molecule has 1 aromatic rings. The molecule has 82 valence electrons. The standard InChI is InChI=1S/C12H14O.C2H6/c13-12(11-8-4-5-9-11)10-6-2-1-3-7-10;1-2/h1-3,6-7,11H,4-5,8-9H2;1-2H3. The first-order chi connectivity index (χ1) is 7.38. The average Bonchev–Trinajstić information content (AvgIpc) is 2.85. The Kier molecular flexibility index (Phi) is 5.09. The van der Waals surface area contributed by atoms with Crippen LogP contribution in [0.25, 0.3) is 0 Å². The van der Waals surface area contributed by atoms with E-state index in [4.69, 9.17) is 0 Å². The number of benzene rings is 1. The summed E-state index contributed by atoms with van der Waals surface area (Å²) in [5, 5.41) is 0. The van der Waals surface area contributed by atoms with Crippen molar-refractivity contribution in [3.63, 3.8) is 0 Å². The largest absolute Gasteiger partial charge is 0.294 e. The Morgan fingerprint density at radius 1 is 1.07 bits per heavy atom. The molecule has 0 N–H and O–H groups in total. The maximum atomic E-state index is 11.8. The van der Waals surface area contributed by atoms with Gasteiger partial charge in [0.25, 0.3) is 0 Å². The molecule has 1 nitrogen and oxygen atoms in total. The van der Waals surface area contributed by atoms with E-state index in [1.54, 1.807) is 0 Å². The average molecular weight is 204 g/mol. The van der Waals surface area contributed by atoms with Gasteiger partial charge in [-0.25, -0.2) is 0 Å². The van der Waals surface area contributed by atoms with Crippen LogP contribution in [0.5, 0.6) is 0 Å². The third-order valence-corrected chi connectivity index (χ3v) is 2.78. The van der Waals surface area contributed by atoms with Crippen LogP contribution in [0.2, 0.25) is 0 Å². The van der Waals surface area contributed by atoms with Crippen LogP contribution in [-0.2, 0) is 0 Å². The Labute approximate surface area is 92.5 Å². The van der Waals surface area contributed by atoms with Gasteiger partial charge in [-0.2, -0.15) is 0 Å². The summed E-state index contributed by atoms with van der Waals surface area (Å²) in [6.07, 6.45) is 4.63. The summed E-state index contributed by atoms with van der Waals surface area (Å²) < 4.78 is 0. The molecule has 2 rings (SSSR count). The third kappa shape index (κ3) is 3.19. The highest BCUT2D eigenvalue weighted by molar-refractivity contribution is 5.97. The first-order valence-electron chi connectivity index (χ1n) is 5.97. The zero-order valence-corrected chi connectivity index (χ0v) is 9.70. The number of rotatable bonds is 2. The van der Waals surface area contributed by atoms with Crippen molar-refractivity contribution in [2.45, 2.75) is 39.5 Å². The highest BCUT2D eigenvalue weighted by atomic mass is 16.1. The molecule has 0 atom stereocenters. The monoisotopic (exact) mass is 204 g/mol. The number of carbonyl (C=O) groups is 1. The molecule has 1 aromatic carbocycles. The van der Waals surface area contributed by atoms with Crippen LogP contribution >= 0.6 is 0 Å². The minimum absolute atomic E-state index is 0.308. The zero-order chi connectivity index (χ0) is 11.1. The van der Waals surface area contributed by atoms with Gasteiger partial charge in [0.15, 0.2) is 5.78 Å². The van der Waals surface area contributed by atoms with Crippen LogP contribution in [0.15, 0.2) is 30.3 Å². The maximum absolute atomic E-state index is 11.8. The SMILES string of the molecule is CC.O=C(c1ccccc1)C1CCCC1. The molecule has 1 heteroatoms. The molecule has 0 aromatic heterocycles. The van der Waals surface area contributed by atoms with E-state index in [0.717, 1.165) is 18.4 Å². The summed E-state index contributed by atoms with van der Waals surface area (Å²) >= 11 is 0. The number of hydrogen-bond donors (Lipinski definition) is 0. The zero-order valence-electron chi connectivity index (χ0n) is 9.70. The van der Waals surface area contributed by atoms with Gasteiger partial charge in [-0.05, 0) is 12.8 Å². The van der Waals surface area contributed by atoms with Crippen molar-refractivity contribution in [3.8, 4) is 0 Å². The first kappa shape index (κ1) is 12.0. The molecule has 1 saturated carbocycles. The van der Waals surface area contributed by atoms with Gasteiger partial charge in [-0.15, -0.1) is 0 Å². The molecule has 15 heavy (non-hydrogen) atoms. The van der Waals surface area contributed by atoms with Gasteiger partial charge in [-0.3, -0.25) is 4.79 Å². The minimum atomic E-state index is 0.308. The van der Waals surface area contributed by atoms with Crippen molar-refractivity contribution in [2.24, 2.45) is 5.92 Å². The predicted molar refractivity (Wildman–Crippen MR) is 64.1 cm³/mol. The second kappa shape index (κ2) is 6.39. The van der Waals surface area contributed by atoms with Gasteiger partial charge < -0.3 is 0 Å². The van der Waals surface area contributed by atoms with Crippen LogP contribution in [0.3, 0.4) is 0 Å². The molecule has 0 heterocycles. The Morgan fingerprint density at radius 2 is 1.60 bits per heavy atom. The van der Waals surface area contributed by atoms with Gasteiger partial charge in [0.05, 0.1) is 0 Å². The summed E-state index contributed by atoms with van der Waals surface area (Å²) in [5.74, 6) is 0.653. The van der Waals surface area contributed by atoms with E-state index < -0.39 is 0 Å². The van der Waals surface area contributed by atoms with Crippen molar-refractivity contribution in [2.75, 3.05) is 0 Å². The van der Waals surface area contributed by atoms with Crippen molar-refractivity contribution in [1.82, 2.24) is 0 Å².